The molecule has 0 atom stereocenters. The van der Waals surface area contributed by atoms with Crippen molar-refractivity contribution in [1.82, 2.24) is 0 Å². The van der Waals surface area contributed by atoms with Crippen molar-refractivity contribution in [3.63, 3.8) is 0 Å². The number of ether oxygens (including phenoxy) is 21. The van der Waals surface area contributed by atoms with Gasteiger partial charge in [-0.15, -0.1) is 0 Å². The molecule has 0 N–H and O–H groups in total. The second kappa shape index (κ2) is 197. The van der Waals surface area contributed by atoms with Gasteiger partial charge in [0.05, 0.1) is 132 Å². The van der Waals surface area contributed by atoms with Crippen molar-refractivity contribution in [3.05, 3.63) is 0 Å². The van der Waals surface area contributed by atoms with Crippen molar-refractivity contribution >= 4 is 0 Å². The molecule has 0 aromatic carbocycles. The molecule has 0 aliphatic rings. The maximum absolute atomic E-state index is 5.42. The Morgan fingerprint density at radius 1 is 0.133 bits per heavy atom. The molecule has 0 spiro atoms. The Morgan fingerprint density at radius 3 is 0.430 bits per heavy atom. The minimum Gasteiger partial charge on any atom is -0.385 e. The molecule has 0 radical (unpaired) electrons. The maximum atomic E-state index is 5.42. The number of methoxy groups -OCH3 is 6. The van der Waals surface area contributed by atoms with Gasteiger partial charge in [-0.3, -0.25) is 0 Å². The van der Waals surface area contributed by atoms with E-state index < -0.39 is 0 Å². The lowest BCUT2D eigenvalue weighted by Crippen LogP contribution is -2.09. The SMILES string of the molecule is C.C.C.C.C.C.C.C.C.C.C.C.C.C.C.C.C.C.CCCOCCOCCCC(C)C.CCOCCOCCCC(C)C.CCOCCOCCOCCCC(C)C.COCCCC(C)C.COCCOCCCC(C)C.COCCOCCOCCCC(C)C.COCCOCCOCCCC(C)C.COCCOCOCCCC(C)C.COCOCCCC(C)C. The maximum Gasteiger partial charge on any atom is 0.146 e. The predicted octanol–water partition coefficient (Wildman–Crippen LogP) is 31.7. The monoisotopic (exact) mass is 1890 g/mol. The van der Waals surface area contributed by atoms with Gasteiger partial charge in [0, 0.05) is 122 Å². The Hall–Kier alpha value is -0.840. The summed E-state index contributed by atoms with van der Waals surface area (Å²) < 4.78 is 108. The summed E-state index contributed by atoms with van der Waals surface area (Å²) in [5, 5.41) is 0. The molecule has 0 aliphatic heterocycles. The quantitative estimate of drug-likeness (QED) is 0.0412. The standard InChI is InChI=1S/C12H26O3.2C11H24O3.C11H24O2.C10H22O3.C10H22O2.C9H20O2.C8H18O2.C7H16O.18CH4/c1-4-13-8-9-15-11-10-14-7-5-6-12(2)3;2*1-11(2)5-4-6-13-9-10-14-8-7-12-3;1-4-7-12-9-10-13-8-5-6-11(2)3;1-10(2)5-4-6-12-9-13-8-7-11-3;1-4-11-8-9-12-7-5-6-10(2)3;1-9(2)5-4-6-11-8-7-10-3;1-8(2)5-4-6-10-7-9-3;1-7(2)5-4-6-8-3;;;;;;;;;;;;;;;;;;/h12H,4-11H2,1-3H3;2*11H,4-10H2,1-3H3;11H,4-10H2,1-3H3;10H,4-9H2,1-3H3;10H,4-9H2,1-3H3;9H,4-8H2,1-3H3;8H,4-7H2,1-3H3;7H,4-6H2,1-3H3;18*1H4. The Balaban J connectivity index is -0.0000000354. The highest BCUT2D eigenvalue weighted by Crippen LogP contribution is 2.09. The van der Waals surface area contributed by atoms with Crippen molar-refractivity contribution in [2.24, 2.45) is 53.3 Å². The van der Waals surface area contributed by atoms with Gasteiger partial charge in [0.25, 0.3) is 0 Å². The summed E-state index contributed by atoms with van der Waals surface area (Å²) in [6.45, 7) is 71.0. The third-order valence-corrected chi connectivity index (χ3v) is 14.8. The molecule has 0 aromatic heterocycles. The fraction of sp³-hybridized carbons (Fsp3) is 1.00. The molecule has 0 rings (SSSR count). The molecule has 21 nitrogen and oxygen atoms in total. The molecular weight excluding hydrogens is 1620 g/mol. The van der Waals surface area contributed by atoms with Crippen LogP contribution in [-0.4, -0.2) is 268 Å². The summed E-state index contributed by atoms with van der Waals surface area (Å²) in [5.74, 6) is 7.07. The van der Waals surface area contributed by atoms with Gasteiger partial charge in [0.15, 0.2) is 0 Å². The van der Waals surface area contributed by atoms with Gasteiger partial charge in [-0.05, 0) is 189 Å². The summed E-state index contributed by atoms with van der Waals surface area (Å²) in [7, 11) is 10.1. The van der Waals surface area contributed by atoms with Crippen LogP contribution in [0.25, 0.3) is 0 Å². The molecule has 0 fully saturated rings. The van der Waals surface area contributed by atoms with E-state index in [9.17, 15) is 0 Å². The summed E-state index contributed by atoms with van der Waals surface area (Å²) in [4.78, 5) is 0. The van der Waals surface area contributed by atoms with Crippen molar-refractivity contribution in [3.8, 4) is 0 Å². The van der Waals surface area contributed by atoms with Crippen molar-refractivity contribution in [2.75, 3.05) is 268 Å². The van der Waals surface area contributed by atoms with Crippen LogP contribution >= 0.6 is 0 Å². The fourth-order valence-electron chi connectivity index (χ4n) is 8.43. The minimum atomic E-state index is 0. The van der Waals surface area contributed by atoms with E-state index in [1.54, 1.807) is 42.7 Å². The van der Waals surface area contributed by atoms with E-state index in [0.717, 1.165) is 204 Å². The first-order valence-electron chi connectivity index (χ1n) is 43.5. The third kappa shape index (κ3) is 286. The molecule has 0 saturated heterocycles. The van der Waals surface area contributed by atoms with E-state index in [1.807, 2.05) is 13.8 Å². The van der Waals surface area contributed by atoms with Gasteiger partial charge in [0.1, 0.15) is 13.6 Å². The first-order valence-corrected chi connectivity index (χ1v) is 43.5. The minimum absolute atomic E-state index is 0. The lowest BCUT2D eigenvalue weighted by molar-refractivity contribution is -0.0667. The van der Waals surface area contributed by atoms with E-state index in [1.165, 1.54) is 83.5 Å². The molecular formula is C107H268O21. The highest BCUT2D eigenvalue weighted by Gasteiger charge is 2.02. The smallest absolute Gasteiger partial charge is 0.146 e. The van der Waals surface area contributed by atoms with E-state index >= 15 is 0 Å². The van der Waals surface area contributed by atoms with Crippen LogP contribution < -0.4 is 0 Å². The van der Waals surface area contributed by atoms with Crippen LogP contribution in [0, 0.1) is 53.3 Å². The summed E-state index contributed by atoms with van der Waals surface area (Å²) in [6, 6.07) is 0. The molecule has 0 aromatic rings. The highest BCUT2D eigenvalue weighted by molar-refractivity contribution is 4.51. The van der Waals surface area contributed by atoms with Gasteiger partial charge >= 0.3 is 0 Å². The van der Waals surface area contributed by atoms with Crippen LogP contribution in [0.5, 0.6) is 0 Å². The number of hydrogen-bond donors (Lipinski definition) is 0. The van der Waals surface area contributed by atoms with Crippen LogP contribution in [-0.2, 0) is 99.5 Å². The van der Waals surface area contributed by atoms with E-state index in [0.29, 0.717) is 113 Å². The van der Waals surface area contributed by atoms with Crippen LogP contribution in [0.4, 0.5) is 0 Å². The van der Waals surface area contributed by atoms with E-state index in [4.69, 9.17) is 99.5 Å². The molecule has 21 heteroatoms. The summed E-state index contributed by atoms with van der Waals surface area (Å²) in [6.07, 6.45) is 22.7. The molecule has 0 saturated carbocycles. The summed E-state index contributed by atoms with van der Waals surface area (Å²) >= 11 is 0. The van der Waals surface area contributed by atoms with Gasteiger partial charge in [-0.25, -0.2) is 0 Å². The molecule has 0 aliphatic carbocycles. The Labute approximate surface area is 817 Å². The molecule has 822 valence electrons. The molecule has 0 bridgehead atoms. The Morgan fingerprint density at radius 2 is 0.266 bits per heavy atom. The zero-order valence-electron chi connectivity index (χ0n) is 78.2. The van der Waals surface area contributed by atoms with Crippen LogP contribution in [0.2, 0.25) is 0 Å². The van der Waals surface area contributed by atoms with Crippen molar-refractivity contribution in [1.29, 1.82) is 0 Å². The van der Waals surface area contributed by atoms with Gasteiger partial charge in [-0.2, -0.15) is 0 Å². The van der Waals surface area contributed by atoms with Crippen LogP contribution in [0.15, 0.2) is 0 Å². The van der Waals surface area contributed by atoms with Crippen molar-refractivity contribution in [2.45, 2.75) is 401 Å². The number of hydrogen-bond acceptors (Lipinski definition) is 21. The van der Waals surface area contributed by atoms with E-state index in [2.05, 4.69) is 132 Å². The van der Waals surface area contributed by atoms with Crippen LogP contribution in [0.1, 0.15) is 401 Å². The average Bonchev–Trinajstić information content (AvgIpc) is 1.13. The fourth-order valence-corrected chi connectivity index (χ4v) is 8.43. The first-order chi connectivity index (χ1) is 52.9. The average molecular weight is 1890 g/mol. The second-order valence-corrected chi connectivity index (χ2v) is 30.6. The normalized spacial score (nSPS) is 9.47. The van der Waals surface area contributed by atoms with Crippen molar-refractivity contribution < 1.29 is 99.5 Å². The third-order valence-electron chi connectivity index (χ3n) is 14.8. The molecule has 0 unspecified atom stereocenters. The van der Waals surface area contributed by atoms with Crippen LogP contribution in [0.3, 0.4) is 0 Å². The van der Waals surface area contributed by atoms with Gasteiger partial charge < -0.3 is 99.5 Å². The zero-order valence-corrected chi connectivity index (χ0v) is 78.2. The zero-order chi connectivity index (χ0) is 84.5. The first kappa shape index (κ1) is 202. The predicted molar refractivity (Wildman–Crippen MR) is 583 cm³/mol. The highest BCUT2D eigenvalue weighted by atomic mass is 16.7. The van der Waals surface area contributed by atoms with Gasteiger partial charge in [0.2, 0.25) is 0 Å². The lowest BCUT2D eigenvalue weighted by Gasteiger charge is -2.07. The van der Waals surface area contributed by atoms with Gasteiger partial charge in [-0.1, -0.05) is 265 Å². The Kier molecular flexibility index (Phi) is 310. The second-order valence-electron chi connectivity index (χ2n) is 30.6. The summed E-state index contributed by atoms with van der Waals surface area (Å²) in [5.41, 5.74) is 0. The number of rotatable bonds is 74. The molecule has 128 heavy (non-hydrogen) atoms. The topological polar surface area (TPSA) is 194 Å². The molecule has 0 amide bonds. The Bertz CT molecular complexity index is 1360. The molecule has 0 heterocycles. The lowest BCUT2D eigenvalue weighted by atomic mass is 10.1. The van der Waals surface area contributed by atoms with E-state index in [-0.39, 0.29) is 134 Å². The largest absolute Gasteiger partial charge is 0.385 e.